The molecule has 3 rings (SSSR count). The van der Waals surface area contributed by atoms with Crippen LogP contribution in [0, 0.1) is 6.92 Å². The topological polar surface area (TPSA) is 77.8 Å². The molecule has 0 heterocycles. The van der Waals surface area contributed by atoms with E-state index in [1.54, 1.807) is 36.4 Å². The van der Waals surface area contributed by atoms with E-state index in [1.165, 1.54) is 6.92 Å². The molecule has 0 unspecified atom stereocenters. The zero-order valence-electron chi connectivity index (χ0n) is 13.0. The summed E-state index contributed by atoms with van der Waals surface area (Å²) in [5.41, 5.74) is 1.91. The molecule has 0 aromatic heterocycles. The highest BCUT2D eigenvalue weighted by atomic mass is 16.4. The maximum absolute atomic E-state index is 11.6. The van der Waals surface area contributed by atoms with Gasteiger partial charge in [0.1, 0.15) is 17.1 Å². The lowest BCUT2D eigenvalue weighted by atomic mass is 9.88. The van der Waals surface area contributed by atoms with Crippen LogP contribution in [0.15, 0.2) is 60.7 Å². The molecule has 120 valence electrons. The molecule has 3 aromatic rings. The van der Waals surface area contributed by atoms with Gasteiger partial charge in [-0.25, -0.2) is 4.79 Å². The smallest absolute Gasteiger partial charge is 0.339 e. The molecule has 3 aromatic carbocycles. The van der Waals surface area contributed by atoms with Gasteiger partial charge in [-0.1, -0.05) is 60.7 Å². The Kier molecular flexibility index (Phi) is 3.96. The van der Waals surface area contributed by atoms with Gasteiger partial charge in [0.05, 0.1) is 0 Å². The molecule has 4 heteroatoms. The minimum Gasteiger partial charge on any atom is -0.507 e. The molecule has 0 spiro atoms. The Balaban J connectivity index is 2.47. The first-order chi connectivity index (χ1) is 11.5. The number of benzene rings is 3. The summed E-state index contributed by atoms with van der Waals surface area (Å²) in [4.78, 5) is 11.6. The summed E-state index contributed by atoms with van der Waals surface area (Å²) in [6, 6.07) is 18.0. The summed E-state index contributed by atoms with van der Waals surface area (Å²) in [6.07, 6.45) is 0. The van der Waals surface area contributed by atoms with Crippen LogP contribution in [0.2, 0.25) is 0 Å². The Morgan fingerprint density at radius 3 is 1.58 bits per heavy atom. The molecule has 0 radical (unpaired) electrons. The van der Waals surface area contributed by atoms with E-state index in [4.69, 9.17) is 0 Å². The van der Waals surface area contributed by atoms with E-state index in [-0.39, 0.29) is 22.6 Å². The predicted molar refractivity (Wildman–Crippen MR) is 92.3 cm³/mol. The number of aromatic hydroxyl groups is 2. The van der Waals surface area contributed by atoms with Crippen LogP contribution in [0.25, 0.3) is 22.3 Å². The van der Waals surface area contributed by atoms with Crippen molar-refractivity contribution in [2.24, 2.45) is 0 Å². The van der Waals surface area contributed by atoms with Crippen molar-refractivity contribution in [3.63, 3.8) is 0 Å². The van der Waals surface area contributed by atoms with Crippen molar-refractivity contribution in [3.05, 3.63) is 71.8 Å². The second-order valence-corrected chi connectivity index (χ2v) is 5.48. The molecular formula is C20H16O4. The Labute approximate surface area is 139 Å². The number of hydrogen-bond acceptors (Lipinski definition) is 3. The first kappa shape index (κ1) is 15.6. The van der Waals surface area contributed by atoms with Crippen LogP contribution in [0.1, 0.15) is 15.9 Å². The Bertz CT molecular complexity index is 900. The molecule has 0 saturated heterocycles. The molecule has 0 saturated carbocycles. The van der Waals surface area contributed by atoms with Gasteiger partial charge in [-0.15, -0.1) is 0 Å². The van der Waals surface area contributed by atoms with Crippen molar-refractivity contribution >= 4 is 5.97 Å². The molecule has 24 heavy (non-hydrogen) atoms. The molecule has 0 aliphatic carbocycles. The van der Waals surface area contributed by atoms with Gasteiger partial charge in [0.2, 0.25) is 0 Å². The quantitative estimate of drug-likeness (QED) is 0.624. The first-order valence-corrected chi connectivity index (χ1v) is 7.45. The van der Waals surface area contributed by atoms with Crippen LogP contribution in [-0.4, -0.2) is 21.3 Å². The Morgan fingerprint density at radius 2 is 1.17 bits per heavy atom. The number of phenols is 2. The van der Waals surface area contributed by atoms with Gasteiger partial charge in [0.25, 0.3) is 0 Å². The largest absolute Gasteiger partial charge is 0.507 e. The number of carboxylic acids is 1. The SMILES string of the molecule is Cc1c(O)c(-c2ccccc2)c(-c2ccccc2)c(O)c1C(=O)O. The van der Waals surface area contributed by atoms with Crippen LogP contribution >= 0.6 is 0 Å². The van der Waals surface area contributed by atoms with Gasteiger partial charge in [0.15, 0.2) is 0 Å². The van der Waals surface area contributed by atoms with E-state index < -0.39 is 5.97 Å². The van der Waals surface area contributed by atoms with Crippen molar-refractivity contribution in [1.29, 1.82) is 0 Å². The van der Waals surface area contributed by atoms with Crippen LogP contribution < -0.4 is 0 Å². The van der Waals surface area contributed by atoms with Crippen molar-refractivity contribution in [3.8, 4) is 33.8 Å². The monoisotopic (exact) mass is 320 g/mol. The van der Waals surface area contributed by atoms with Gasteiger partial charge < -0.3 is 15.3 Å². The third-order valence-corrected chi connectivity index (χ3v) is 4.03. The maximum Gasteiger partial charge on any atom is 0.339 e. The molecule has 3 N–H and O–H groups in total. The summed E-state index contributed by atoms with van der Waals surface area (Å²) >= 11 is 0. The molecule has 0 aliphatic rings. The third-order valence-electron chi connectivity index (χ3n) is 4.03. The van der Waals surface area contributed by atoms with E-state index in [0.29, 0.717) is 22.3 Å². The van der Waals surface area contributed by atoms with Crippen LogP contribution in [-0.2, 0) is 0 Å². The highest BCUT2D eigenvalue weighted by Crippen LogP contribution is 2.48. The van der Waals surface area contributed by atoms with E-state index in [1.807, 2.05) is 24.3 Å². The summed E-state index contributed by atoms with van der Waals surface area (Å²) in [6.45, 7) is 1.49. The fourth-order valence-electron chi connectivity index (χ4n) is 2.88. The Morgan fingerprint density at radius 1 is 0.750 bits per heavy atom. The Hall–Kier alpha value is -3.27. The second-order valence-electron chi connectivity index (χ2n) is 5.48. The predicted octanol–water partition coefficient (Wildman–Crippen LogP) is 4.44. The first-order valence-electron chi connectivity index (χ1n) is 7.45. The van der Waals surface area contributed by atoms with Gasteiger partial charge in [-0.05, 0) is 18.1 Å². The molecule has 0 amide bonds. The van der Waals surface area contributed by atoms with Crippen molar-refractivity contribution in [2.75, 3.05) is 0 Å². The number of rotatable bonds is 3. The minimum absolute atomic E-state index is 0.138. The van der Waals surface area contributed by atoms with Crippen molar-refractivity contribution in [1.82, 2.24) is 0 Å². The van der Waals surface area contributed by atoms with E-state index in [0.717, 1.165) is 0 Å². The van der Waals surface area contributed by atoms with E-state index in [9.17, 15) is 20.1 Å². The minimum atomic E-state index is -1.28. The maximum atomic E-state index is 11.6. The second kappa shape index (κ2) is 6.08. The summed E-state index contributed by atoms with van der Waals surface area (Å²) in [5.74, 6) is -1.77. The third kappa shape index (κ3) is 2.48. The van der Waals surface area contributed by atoms with Gasteiger partial charge in [0, 0.05) is 16.7 Å². The highest BCUT2D eigenvalue weighted by Gasteiger charge is 2.26. The van der Waals surface area contributed by atoms with Gasteiger partial charge in [-0.2, -0.15) is 0 Å². The van der Waals surface area contributed by atoms with Gasteiger partial charge in [-0.3, -0.25) is 0 Å². The lowest BCUT2D eigenvalue weighted by Gasteiger charge is -2.18. The lowest BCUT2D eigenvalue weighted by molar-refractivity contribution is 0.0692. The van der Waals surface area contributed by atoms with Crippen LogP contribution in [0.3, 0.4) is 0 Å². The fourth-order valence-corrected chi connectivity index (χ4v) is 2.88. The zero-order chi connectivity index (χ0) is 17.3. The normalized spacial score (nSPS) is 10.5. The van der Waals surface area contributed by atoms with Crippen LogP contribution in [0.4, 0.5) is 0 Å². The number of aromatic carboxylic acids is 1. The molecular weight excluding hydrogens is 304 g/mol. The van der Waals surface area contributed by atoms with Crippen LogP contribution in [0.5, 0.6) is 11.5 Å². The van der Waals surface area contributed by atoms with Crippen molar-refractivity contribution in [2.45, 2.75) is 6.92 Å². The molecule has 0 bridgehead atoms. The molecule has 0 aliphatic heterocycles. The number of carbonyl (C=O) groups is 1. The summed E-state index contributed by atoms with van der Waals surface area (Å²) in [7, 11) is 0. The zero-order valence-corrected chi connectivity index (χ0v) is 13.0. The summed E-state index contributed by atoms with van der Waals surface area (Å²) < 4.78 is 0. The average Bonchev–Trinajstić information content (AvgIpc) is 2.59. The van der Waals surface area contributed by atoms with Crippen molar-refractivity contribution < 1.29 is 20.1 Å². The highest BCUT2D eigenvalue weighted by molar-refractivity contribution is 6.02. The standard InChI is InChI=1S/C20H16O4/c1-12-15(20(23)24)19(22)17(14-10-6-3-7-11-14)16(18(12)21)13-8-4-2-5-9-13/h2-11,21-22H,1H3,(H,23,24). The molecule has 0 fully saturated rings. The average molecular weight is 320 g/mol. The number of hydrogen-bond donors (Lipinski definition) is 3. The lowest BCUT2D eigenvalue weighted by Crippen LogP contribution is -2.03. The number of phenolic OH excluding ortho intramolecular Hbond substituents is 1. The van der Waals surface area contributed by atoms with E-state index >= 15 is 0 Å². The van der Waals surface area contributed by atoms with Gasteiger partial charge >= 0.3 is 5.97 Å². The van der Waals surface area contributed by atoms with E-state index in [2.05, 4.69) is 0 Å². The fraction of sp³-hybridized carbons (Fsp3) is 0.0500. The molecule has 4 nitrogen and oxygen atoms in total. The molecule has 0 atom stereocenters. The summed E-state index contributed by atoms with van der Waals surface area (Å²) in [5, 5.41) is 30.8. The number of carboxylic acid groups (broad SMARTS) is 1.